The Bertz CT molecular complexity index is 454. The minimum Gasteiger partial charge on any atom is -0.379 e. The summed E-state index contributed by atoms with van der Waals surface area (Å²) in [7, 11) is 0. The number of carbonyl (C=O) groups excluding carboxylic acids is 1. The van der Waals surface area contributed by atoms with Gasteiger partial charge in [-0.25, -0.2) is 0 Å². The molecule has 1 aromatic rings. The molecule has 0 aliphatic carbocycles. The van der Waals surface area contributed by atoms with Gasteiger partial charge in [-0.05, 0) is 26.0 Å². The second-order valence-corrected chi connectivity index (χ2v) is 3.99. The number of nitrogens with one attached hydrogen (secondary N) is 1. The first kappa shape index (κ1) is 15.2. The molecule has 5 heteroatoms. The Kier molecular flexibility index (Phi) is 6.58. The quantitative estimate of drug-likeness (QED) is 0.815. The van der Waals surface area contributed by atoms with Gasteiger partial charge in [-0.2, -0.15) is 5.26 Å². The van der Waals surface area contributed by atoms with E-state index >= 15 is 0 Å². The highest BCUT2D eigenvalue weighted by molar-refractivity contribution is 5.92. The number of benzene rings is 1. The number of rotatable bonds is 7. The van der Waals surface area contributed by atoms with E-state index in [2.05, 4.69) is 5.32 Å². The molecule has 0 spiro atoms. The van der Waals surface area contributed by atoms with E-state index in [4.69, 9.17) is 14.7 Å². The fourth-order valence-electron chi connectivity index (χ4n) is 1.43. The maximum Gasteiger partial charge on any atom is 0.250 e. The van der Waals surface area contributed by atoms with E-state index in [0.29, 0.717) is 24.5 Å². The molecule has 0 fully saturated rings. The van der Waals surface area contributed by atoms with Crippen molar-refractivity contribution in [1.29, 1.82) is 5.26 Å². The van der Waals surface area contributed by atoms with Crippen LogP contribution in [0.25, 0.3) is 0 Å². The van der Waals surface area contributed by atoms with Gasteiger partial charge in [-0.3, -0.25) is 4.79 Å². The number of hydrogen-bond acceptors (Lipinski definition) is 4. The van der Waals surface area contributed by atoms with Crippen LogP contribution in [0.3, 0.4) is 0 Å². The topological polar surface area (TPSA) is 71.3 Å². The van der Waals surface area contributed by atoms with Crippen LogP contribution in [0.5, 0.6) is 0 Å². The van der Waals surface area contributed by atoms with Crippen molar-refractivity contribution in [2.45, 2.75) is 20.0 Å². The van der Waals surface area contributed by atoms with Crippen LogP contribution in [-0.4, -0.2) is 31.8 Å². The normalized spacial score (nSPS) is 11.6. The van der Waals surface area contributed by atoms with Crippen molar-refractivity contribution in [2.24, 2.45) is 0 Å². The summed E-state index contributed by atoms with van der Waals surface area (Å²) in [5, 5.41) is 11.5. The molecule has 0 saturated carbocycles. The third kappa shape index (κ3) is 5.51. The lowest BCUT2D eigenvalue weighted by molar-refractivity contribution is -0.123. The van der Waals surface area contributed by atoms with Crippen molar-refractivity contribution in [3.05, 3.63) is 29.8 Å². The van der Waals surface area contributed by atoms with Gasteiger partial charge in [0.2, 0.25) is 5.91 Å². The maximum absolute atomic E-state index is 11.7. The molecular weight excluding hydrogens is 244 g/mol. The van der Waals surface area contributed by atoms with Crippen LogP contribution in [-0.2, 0) is 14.3 Å². The third-order valence-corrected chi connectivity index (χ3v) is 2.38. The summed E-state index contributed by atoms with van der Waals surface area (Å²) in [5.41, 5.74) is 0.925. The Morgan fingerprint density at radius 3 is 2.89 bits per heavy atom. The molecule has 0 aliphatic rings. The molecule has 0 aliphatic heterocycles. The number of anilines is 1. The zero-order chi connectivity index (χ0) is 14.1. The van der Waals surface area contributed by atoms with Gasteiger partial charge in [0, 0.05) is 6.61 Å². The van der Waals surface area contributed by atoms with Crippen LogP contribution >= 0.6 is 0 Å². The van der Waals surface area contributed by atoms with E-state index in [0.717, 1.165) is 0 Å². The molecule has 5 nitrogen and oxygen atoms in total. The SMILES string of the molecule is CCOCC(C)OCC(=O)Nc1ccccc1C#N. The van der Waals surface area contributed by atoms with Gasteiger partial charge >= 0.3 is 0 Å². The molecule has 1 N–H and O–H groups in total. The van der Waals surface area contributed by atoms with E-state index in [1.807, 2.05) is 19.9 Å². The van der Waals surface area contributed by atoms with Gasteiger partial charge in [0.1, 0.15) is 12.7 Å². The first-order valence-corrected chi connectivity index (χ1v) is 6.15. The lowest BCUT2D eigenvalue weighted by Gasteiger charge is -2.13. The molecule has 19 heavy (non-hydrogen) atoms. The van der Waals surface area contributed by atoms with E-state index in [-0.39, 0.29) is 18.6 Å². The Hall–Kier alpha value is -1.90. The molecule has 1 atom stereocenters. The molecule has 1 amide bonds. The van der Waals surface area contributed by atoms with Crippen LogP contribution in [0.15, 0.2) is 24.3 Å². The molecule has 0 saturated heterocycles. The summed E-state index contributed by atoms with van der Waals surface area (Å²) >= 11 is 0. The summed E-state index contributed by atoms with van der Waals surface area (Å²) in [5.74, 6) is -0.286. The van der Waals surface area contributed by atoms with Crippen LogP contribution in [0, 0.1) is 11.3 Å². The van der Waals surface area contributed by atoms with Gasteiger partial charge in [0.25, 0.3) is 0 Å². The van der Waals surface area contributed by atoms with Gasteiger partial charge in [-0.15, -0.1) is 0 Å². The molecule has 0 bridgehead atoms. The second-order valence-electron chi connectivity index (χ2n) is 3.99. The van der Waals surface area contributed by atoms with Crippen molar-refractivity contribution in [3.63, 3.8) is 0 Å². The van der Waals surface area contributed by atoms with Gasteiger partial charge in [0.05, 0.1) is 24.0 Å². The van der Waals surface area contributed by atoms with Crippen LogP contribution < -0.4 is 5.32 Å². The Morgan fingerprint density at radius 2 is 2.21 bits per heavy atom. The smallest absolute Gasteiger partial charge is 0.250 e. The number of hydrogen-bond donors (Lipinski definition) is 1. The molecule has 1 rings (SSSR count). The Morgan fingerprint density at radius 1 is 1.47 bits per heavy atom. The minimum absolute atomic E-state index is 0.0615. The zero-order valence-corrected chi connectivity index (χ0v) is 11.2. The summed E-state index contributed by atoms with van der Waals surface area (Å²) in [4.78, 5) is 11.7. The number of carbonyl (C=O) groups is 1. The summed E-state index contributed by atoms with van der Waals surface area (Å²) in [6.45, 7) is 4.76. The molecule has 0 aromatic heterocycles. The van der Waals surface area contributed by atoms with E-state index in [1.165, 1.54) is 0 Å². The van der Waals surface area contributed by atoms with Crippen molar-refractivity contribution in [3.8, 4) is 6.07 Å². The van der Waals surface area contributed by atoms with Crippen LogP contribution in [0.4, 0.5) is 5.69 Å². The summed E-state index contributed by atoms with van der Waals surface area (Å²) in [6.07, 6.45) is -0.142. The number of nitriles is 1. The van der Waals surface area contributed by atoms with Gasteiger partial charge in [-0.1, -0.05) is 12.1 Å². The fraction of sp³-hybridized carbons (Fsp3) is 0.429. The highest BCUT2D eigenvalue weighted by atomic mass is 16.5. The van der Waals surface area contributed by atoms with E-state index in [9.17, 15) is 4.79 Å². The molecule has 102 valence electrons. The summed E-state index contributed by atoms with van der Waals surface area (Å²) in [6, 6.07) is 8.85. The monoisotopic (exact) mass is 262 g/mol. The van der Waals surface area contributed by atoms with Crippen LogP contribution in [0.2, 0.25) is 0 Å². The van der Waals surface area contributed by atoms with Crippen molar-refractivity contribution in [1.82, 2.24) is 0 Å². The second kappa shape index (κ2) is 8.25. The van der Waals surface area contributed by atoms with E-state index in [1.54, 1.807) is 24.3 Å². The maximum atomic E-state index is 11.7. The average Bonchev–Trinajstić information content (AvgIpc) is 2.43. The van der Waals surface area contributed by atoms with Gasteiger partial charge in [0.15, 0.2) is 0 Å². The van der Waals surface area contributed by atoms with E-state index < -0.39 is 0 Å². The third-order valence-electron chi connectivity index (χ3n) is 2.38. The highest BCUT2D eigenvalue weighted by Gasteiger charge is 2.09. The lowest BCUT2D eigenvalue weighted by Crippen LogP contribution is -2.24. The Labute approximate surface area is 113 Å². The molecular formula is C14H18N2O3. The number of para-hydroxylation sites is 1. The lowest BCUT2D eigenvalue weighted by atomic mass is 10.2. The first-order valence-electron chi connectivity index (χ1n) is 6.15. The molecule has 0 heterocycles. The largest absolute Gasteiger partial charge is 0.379 e. The fourth-order valence-corrected chi connectivity index (χ4v) is 1.43. The van der Waals surface area contributed by atoms with Crippen molar-refractivity contribution in [2.75, 3.05) is 25.1 Å². The van der Waals surface area contributed by atoms with Crippen molar-refractivity contribution >= 4 is 11.6 Å². The first-order chi connectivity index (χ1) is 9.17. The number of amides is 1. The number of ether oxygens (including phenoxy) is 2. The molecule has 1 aromatic carbocycles. The summed E-state index contributed by atoms with van der Waals surface area (Å²) < 4.78 is 10.5. The average molecular weight is 262 g/mol. The standard InChI is InChI=1S/C14H18N2O3/c1-3-18-9-11(2)19-10-14(17)16-13-7-5-4-6-12(13)8-15/h4-7,11H,3,9-10H2,1-2H3,(H,16,17). The predicted octanol–water partition coefficient (Wildman–Crippen LogP) is 1.94. The minimum atomic E-state index is -0.286. The zero-order valence-electron chi connectivity index (χ0n) is 11.2. The number of nitrogens with zero attached hydrogens (tertiary/aromatic N) is 1. The Balaban J connectivity index is 2.41. The van der Waals surface area contributed by atoms with Crippen molar-refractivity contribution < 1.29 is 14.3 Å². The molecule has 0 radical (unpaired) electrons. The highest BCUT2D eigenvalue weighted by Crippen LogP contribution is 2.13. The predicted molar refractivity (Wildman–Crippen MR) is 71.7 cm³/mol. The molecule has 1 unspecified atom stereocenters. The van der Waals surface area contributed by atoms with Crippen LogP contribution in [0.1, 0.15) is 19.4 Å². The van der Waals surface area contributed by atoms with Gasteiger partial charge < -0.3 is 14.8 Å².